The van der Waals surface area contributed by atoms with Crippen molar-refractivity contribution >= 4 is 11.4 Å². The molecule has 0 spiro atoms. The lowest BCUT2D eigenvalue weighted by Crippen LogP contribution is -2.10. The number of nitrogens with zero attached hydrogens (tertiary/aromatic N) is 2. The number of benzene rings is 1. The van der Waals surface area contributed by atoms with E-state index in [1.165, 1.54) is 43.4 Å². The van der Waals surface area contributed by atoms with Gasteiger partial charge in [-0.2, -0.15) is 10.5 Å². The summed E-state index contributed by atoms with van der Waals surface area (Å²) >= 11 is 0. The summed E-state index contributed by atoms with van der Waals surface area (Å²) < 4.78 is 0. The Bertz CT molecular complexity index is 396. The standard InChI is InChI=1S/C15H21N2/c1-3-4-5-6-9-12(2)15-13-10-7-8-11-14(13)16-17-15/h7-8,10-12H,3-6,9H2,1-2H3. The van der Waals surface area contributed by atoms with Crippen LogP contribution in [0.3, 0.4) is 0 Å². The molecule has 2 heteroatoms. The van der Waals surface area contributed by atoms with Crippen molar-refractivity contribution in [2.24, 2.45) is 11.0 Å². The van der Waals surface area contributed by atoms with E-state index < -0.39 is 0 Å². The third kappa shape index (κ3) is 2.87. The highest BCUT2D eigenvalue weighted by molar-refractivity contribution is 6.07. The zero-order valence-corrected chi connectivity index (χ0v) is 10.8. The summed E-state index contributed by atoms with van der Waals surface area (Å²) in [6, 6.07) is 8.26. The molecule has 0 bridgehead atoms. The lowest BCUT2D eigenvalue weighted by atomic mass is 9.93. The zero-order valence-electron chi connectivity index (χ0n) is 10.8. The van der Waals surface area contributed by atoms with Gasteiger partial charge in [0, 0.05) is 11.5 Å². The highest BCUT2D eigenvalue weighted by Crippen LogP contribution is 2.27. The second-order valence-corrected chi connectivity index (χ2v) is 4.85. The van der Waals surface area contributed by atoms with Crippen LogP contribution >= 0.6 is 0 Å². The van der Waals surface area contributed by atoms with Crippen molar-refractivity contribution in [1.29, 1.82) is 0 Å². The van der Waals surface area contributed by atoms with Crippen molar-refractivity contribution in [1.82, 2.24) is 5.43 Å². The second-order valence-electron chi connectivity index (χ2n) is 4.85. The lowest BCUT2D eigenvalue weighted by molar-refractivity contribution is 0.579. The van der Waals surface area contributed by atoms with Crippen molar-refractivity contribution in [3.05, 3.63) is 29.8 Å². The van der Waals surface area contributed by atoms with Crippen LogP contribution in [0.15, 0.2) is 29.4 Å². The van der Waals surface area contributed by atoms with Crippen molar-refractivity contribution in [3.8, 4) is 0 Å². The zero-order chi connectivity index (χ0) is 12.1. The van der Waals surface area contributed by atoms with Gasteiger partial charge in [0.15, 0.2) is 0 Å². The van der Waals surface area contributed by atoms with Crippen molar-refractivity contribution < 1.29 is 0 Å². The monoisotopic (exact) mass is 229 g/mol. The smallest absolute Gasteiger partial charge is 0.0948 e. The number of hydrogen-bond donors (Lipinski definition) is 0. The fourth-order valence-corrected chi connectivity index (χ4v) is 2.32. The molecule has 1 unspecified atom stereocenters. The molecular formula is C15H21N2. The number of fused-ring (bicyclic) bond motifs is 1. The van der Waals surface area contributed by atoms with E-state index in [9.17, 15) is 0 Å². The molecule has 0 amide bonds. The van der Waals surface area contributed by atoms with Gasteiger partial charge in [-0.1, -0.05) is 57.7 Å². The van der Waals surface area contributed by atoms with Gasteiger partial charge in [-0.15, -0.1) is 0 Å². The highest BCUT2D eigenvalue weighted by Gasteiger charge is 2.21. The van der Waals surface area contributed by atoms with Crippen molar-refractivity contribution in [2.45, 2.75) is 46.0 Å². The first-order chi connectivity index (χ1) is 8.33. The predicted octanol–water partition coefficient (Wildman–Crippen LogP) is 4.25. The molecular weight excluding hydrogens is 208 g/mol. The van der Waals surface area contributed by atoms with Crippen LogP contribution in [-0.2, 0) is 0 Å². The molecule has 1 atom stereocenters. The normalized spacial score (nSPS) is 15.1. The number of rotatable bonds is 6. The van der Waals surface area contributed by atoms with Crippen LogP contribution in [0.5, 0.6) is 0 Å². The van der Waals surface area contributed by atoms with Crippen LogP contribution in [-0.4, -0.2) is 5.71 Å². The minimum atomic E-state index is 0.527. The molecule has 2 nitrogen and oxygen atoms in total. The maximum absolute atomic E-state index is 4.34. The maximum atomic E-state index is 4.34. The van der Waals surface area contributed by atoms with Crippen LogP contribution in [0, 0.1) is 5.92 Å². The Labute approximate surface area is 104 Å². The van der Waals surface area contributed by atoms with E-state index >= 15 is 0 Å². The maximum Gasteiger partial charge on any atom is 0.0948 e. The average Bonchev–Trinajstić information content (AvgIpc) is 2.78. The van der Waals surface area contributed by atoms with Gasteiger partial charge in [-0.25, -0.2) is 0 Å². The van der Waals surface area contributed by atoms with Crippen LogP contribution in [0.1, 0.15) is 51.5 Å². The Kier molecular flexibility index (Phi) is 4.18. The molecule has 0 saturated carbocycles. The fourth-order valence-electron chi connectivity index (χ4n) is 2.32. The van der Waals surface area contributed by atoms with Gasteiger partial charge in [0.2, 0.25) is 0 Å². The summed E-state index contributed by atoms with van der Waals surface area (Å²) in [7, 11) is 0. The molecule has 0 N–H and O–H groups in total. The first-order valence-electron chi connectivity index (χ1n) is 6.71. The summed E-state index contributed by atoms with van der Waals surface area (Å²) in [5.41, 5.74) is 7.67. The molecule has 1 aliphatic heterocycles. The molecule has 17 heavy (non-hydrogen) atoms. The fraction of sp³-hybridized carbons (Fsp3) is 0.533. The summed E-state index contributed by atoms with van der Waals surface area (Å²) in [5, 5.41) is 4.34. The third-order valence-electron chi connectivity index (χ3n) is 3.40. The Morgan fingerprint density at radius 3 is 2.76 bits per heavy atom. The molecule has 1 aromatic rings. The van der Waals surface area contributed by atoms with Crippen LogP contribution in [0.4, 0.5) is 5.69 Å². The topological polar surface area (TPSA) is 26.5 Å². The van der Waals surface area contributed by atoms with Crippen molar-refractivity contribution in [2.75, 3.05) is 0 Å². The SMILES string of the molecule is CCCCCCC(C)C1=N[N]c2ccccc21. The van der Waals surface area contributed by atoms with Gasteiger partial charge in [-0.05, 0) is 12.5 Å². The van der Waals surface area contributed by atoms with Gasteiger partial charge in [0.1, 0.15) is 0 Å². The van der Waals surface area contributed by atoms with E-state index in [2.05, 4.69) is 36.5 Å². The Balaban J connectivity index is 1.91. The van der Waals surface area contributed by atoms with Crippen LogP contribution in [0.25, 0.3) is 0 Å². The Hall–Kier alpha value is -1.31. The van der Waals surface area contributed by atoms with Crippen LogP contribution < -0.4 is 5.43 Å². The lowest BCUT2D eigenvalue weighted by Gasteiger charge is -2.11. The summed E-state index contributed by atoms with van der Waals surface area (Å²) in [5.74, 6) is 0.527. The molecule has 2 rings (SSSR count). The molecule has 1 heterocycles. The summed E-state index contributed by atoms with van der Waals surface area (Å²) in [4.78, 5) is 0. The third-order valence-corrected chi connectivity index (χ3v) is 3.40. The average molecular weight is 229 g/mol. The molecule has 1 radical (unpaired) electrons. The van der Waals surface area contributed by atoms with Gasteiger partial charge >= 0.3 is 0 Å². The van der Waals surface area contributed by atoms with E-state index in [0.29, 0.717) is 5.92 Å². The van der Waals surface area contributed by atoms with Crippen molar-refractivity contribution in [3.63, 3.8) is 0 Å². The molecule has 0 aliphatic carbocycles. The number of hydrogen-bond acceptors (Lipinski definition) is 1. The molecule has 0 saturated heterocycles. The first kappa shape index (κ1) is 12.2. The molecule has 1 aliphatic rings. The molecule has 0 fully saturated rings. The Morgan fingerprint density at radius 1 is 1.12 bits per heavy atom. The van der Waals surface area contributed by atoms with Crippen LogP contribution in [0.2, 0.25) is 0 Å². The van der Waals surface area contributed by atoms with Gasteiger partial charge in [0.05, 0.1) is 11.4 Å². The summed E-state index contributed by atoms with van der Waals surface area (Å²) in [6.45, 7) is 4.52. The van der Waals surface area contributed by atoms with E-state index in [4.69, 9.17) is 0 Å². The second kappa shape index (κ2) is 5.85. The van der Waals surface area contributed by atoms with Gasteiger partial charge in [-0.3, -0.25) is 0 Å². The van der Waals surface area contributed by atoms with E-state index in [-0.39, 0.29) is 0 Å². The summed E-state index contributed by atoms with van der Waals surface area (Å²) in [6.07, 6.45) is 6.51. The van der Waals surface area contributed by atoms with Gasteiger partial charge < -0.3 is 0 Å². The first-order valence-corrected chi connectivity index (χ1v) is 6.71. The van der Waals surface area contributed by atoms with E-state index in [1.807, 2.05) is 12.1 Å². The molecule has 0 aromatic heterocycles. The highest BCUT2D eigenvalue weighted by atomic mass is 15.3. The van der Waals surface area contributed by atoms with E-state index in [0.717, 1.165) is 5.69 Å². The minimum absolute atomic E-state index is 0.527. The molecule has 1 aromatic carbocycles. The largest absolute Gasteiger partial charge is 0.154 e. The quantitative estimate of drug-likeness (QED) is 0.652. The predicted molar refractivity (Wildman–Crippen MR) is 72.7 cm³/mol. The molecule has 91 valence electrons. The minimum Gasteiger partial charge on any atom is -0.154 e. The number of unbranched alkanes of at least 4 members (excludes halogenated alkanes) is 3. The van der Waals surface area contributed by atoms with Gasteiger partial charge in [0.25, 0.3) is 0 Å². The van der Waals surface area contributed by atoms with E-state index in [1.54, 1.807) is 0 Å². The Morgan fingerprint density at radius 2 is 1.94 bits per heavy atom.